The summed E-state index contributed by atoms with van der Waals surface area (Å²) in [5, 5.41) is 0. The average molecular weight is 143 g/mol. The van der Waals surface area contributed by atoms with Crippen LogP contribution in [0.4, 0.5) is 0 Å². The Labute approximate surface area is 61.3 Å². The Hall–Kier alpha value is -0.990. The zero-order chi connectivity index (χ0) is 8.15. The standard InChI is InChI=1S/C7H13NO2/c1-6(8(2)3)7(5-9)10-4/h5H,1-4H3. The van der Waals surface area contributed by atoms with Crippen molar-refractivity contribution in [3.63, 3.8) is 0 Å². The number of aldehydes is 1. The third kappa shape index (κ3) is 2.09. The molecule has 0 aliphatic heterocycles. The van der Waals surface area contributed by atoms with Crippen LogP contribution in [0.25, 0.3) is 0 Å². The summed E-state index contributed by atoms with van der Waals surface area (Å²) in [6.07, 6.45) is 0.704. The van der Waals surface area contributed by atoms with Gasteiger partial charge in [0.05, 0.1) is 12.8 Å². The molecule has 0 rings (SSSR count). The number of methoxy groups -OCH3 is 1. The largest absolute Gasteiger partial charge is 0.492 e. The van der Waals surface area contributed by atoms with Gasteiger partial charge in [0.2, 0.25) is 0 Å². The molecule has 0 aromatic carbocycles. The fourth-order valence-corrected chi connectivity index (χ4v) is 0.501. The van der Waals surface area contributed by atoms with Gasteiger partial charge in [0.25, 0.3) is 0 Å². The molecule has 0 aromatic rings. The molecule has 0 saturated heterocycles. The van der Waals surface area contributed by atoms with Crippen molar-refractivity contribution in [2.45, 2.75) is 6.92 Å². The van der Waals surface area contributed by atoms with Gasteiger partial charge in [0.15, 0.2) is 12.0 Å². The molecule has 3 heteroatoms. The molecule has 0 amide bonds. The first-order chi connectivity index (χ1) is 4.63. The van der Waals surface area contributed by atoms with Crippen molar-refractivity contribution >= 4 is 6.29 Å². The Morgan fingerprint density at radius 3 is 2.10 bits per heavy atom. The van der Waals surface area contributed by atoms with Gasteiger partial charge in [-0.25, -0.2) is 0 Å². The van der Waals surface area contributed by atoms with Crippen LogP contribution in [0.5, 0.6) is 0 Å². The van der Waals surface area contributed by atoms with E-state index in [0.29, 0.717) is 12.0 Å². The zero-order valence-electron chi connectivity index (χ0n) is 6.84. The van der Waals surface area contributed by atoms with Crippen LogP contribution in [-0.4, -0.2) is 32.4 Å². The van der Waals surface area contributed by atoms with Crippen LogP contribution in [0.15, 0.2) is 11.5 Å². The van der Waals surface area contributed by atoms with Crippen molar-refractivity contribution in [2.24, 2.45) is 0 Å². The minimum Gasteiger partial charge on any atom is -0.492 e. The van der Waals surface area contributed by atoms with Gasteiger partial charge in [-0.15, -0.1) is 0 Å². The number of rotatable bonds is 3. The summed E-state index contributed by atoms with van der Waals surface area (Å²) >= 11 is 0. The summed E-state index contributed by atoms with van der Waals surface area (Å²) in [6.45, 7) is 1.83. The lowest BCUT2D eigenvalue weighted by atomic mass is 10.4. The zero-order valence-corrected chi connectivity index (χ0v) is 6.84. The molecule has 0 fully saturated rings. The molecule has 0 spiro atoms. The van der Waals surface area contributed by atoms with Gasteiger partial charge in [-0.1, -0.05) is 0 Å². The number of hydrogen-bond donors (Lipinski definition) is 0. The number of ether oxygens (including phenoxy) is 1. The second-order valence-electron chi connectivity index (χ2n) is 2.17. The van der Waals surface area contributed by atoms with Crippen LogP contribution in [0.3, 0.4) is 0 Å². The summed E-state index contributed by atoms with van der Waals surface area (Å²) < 4.78 is 4.79. The molecular weight excluding hydrogens is 130 g/mol. The van der Waals surface area contributed by atoms with Crippen molar-refractivity contribution in [3.8, 4) is 0 Å². The molecule has 3 nitrogen and oxygen atoms in total. The Kier molecular flexibility index (Phi) is 3.54. The Bertz CT molecular complexity index is 150. The molecule has 0 unspecified atom stereocenters. The minimum atomic E-state index is 0.380. The molecule has 0 N–H and O–H groups in total. The normalized spacial score (nSPS) is 12.0. The van der Waals surface area contributed by atoms with Gasteiger partial charge < -0.3 is 9.64 Å². The molecule has 10 heavy (non-hydrogen) atoms. The van der Waals surface area contributed by atoms with Gasteiger partial charge in [0.1, 0.15) is 0 Å². The molecule has 58 valence electrons. The number of hydrogen-bond acceptors (Lipinski definition) is 3. The predicted molar refractivity (Wildman–Crippen MR) is 39.5 cm³/mol. The first-order valence-electron chi connectivity index (χ1n) is 3.00. The van der Waals surface area contributed by atoms with Gasteiger partial charge >= 0.3 is 0 Å². The molecule has 0 radical (unpaired) electrons. The van der Waals surface area contributed by atoms with E-state index in [-0.39, 0.29) is 0 Å². The van der Waals surface area contributed by atoms with Crippen molar-refractivity contribution in [3.05, 3.63) is 11.5 Å². The second-order valence-corrected chi connectivity index (χ2v) is 2.17. The first kappa shape index (κ1) is 9.01. The molecule has 0 heterocycles. The molecule has 0 aliphatic rings. The molecule has 0 saturated carbocycles. The number of allylic oxidation sites excluding steroid dienone is 2. The first-order valence-corrected chi connectivity index (χ1v) is 3.00. The highest BCUT2D eigenvalue weighted by Gasteiger charge is 2.01. The highest BCUT2D eigenvalue weighted by atomic mass is 16.5. The maximum absolute atomic E-state index is 10.3. The van der Waals surface area contributed by atoms with Crippen molar-refractivity contribution in [1.29, 1.82) is 0 Å². The number of nitrogens with zero attached hydrogens (tertiary/aromatic N) is 1. The van der Waals surface area contributed by atoms with Crippen LogP contribution in [-0.2, 0) is 9.53 Å². The molecule has 0 bridgehead atoms. The molecular formula is C7H13NO2. The molecule has 0 atom stereocenters. The second kappa shape index (κ2) is 3.93. The summed E-state index contributed by atoms with van der Waals surface area (Å²) in [5.74, 6) is 0.380. The third-order valence-electron chi connectivity index (χ3n) is 1.35. The van der Waals surface area contributed by atoms with Gasteiger partial charge in [-0.2, -0.15) is 0 Å². The van der Waals surface area contributed by atoms with E-state index in [1.807, 2.05) is 25.9 Å². The Morgan fingerprint density at radius 2 is 2.00 bits per heavy atom. The highest BCUT2D eigenvalue weighted by Crippen LogP contribution is 2.03. The van der Waals surface area contributed by atoms with Gasteiger partial charge in [0, 0.05) is 14.1 Å². The minimum absolute atomic E-state index is 0.380. The van der Waals surface area contributed by atoms with Gasteiger partial charge in [-0.05, 0) is 6.92 Å². The van der Waals surface area contributed by atoms with Crippen LogP contribution in [0, 0.1) is 0 Å². The average Bonchev–Trinajstić information content (AvgIpc) is 1.90. The van der Waals surface area contributed by atoms with Crippen molar-refractivity contribution < 1.29 is 9.53 Å². The van der Waals surface area contributed by atoms with E-state index in [2.05, 4.69) is 0 Å². The van der Waals surface area contributed by atoms with Gasteiger partial charge in [-0.3, -0.25) is 4.79 Å². The maximum atomic E-state index is 10.3. The van der Waals surface area contributed by atoms with E-state index in [4.69, 9.17) is 4.74 Å². The number of carbonyl (C=O) groups is 1. The summed E-state index contributed by atoms with van der Waals surface area (Å²) in [6, 6.07) is 0. The third-order valence-corrected chi connectivity index (χ3v) is 1.35. The lowest BCUT2D eigenvalue weighted by molar-refractivity contribution is -0.107. The quantitative estimate of drug-likeness (QED) is 0.329. The maximum Gasteiger partial charge on any atom is 0.186 e. The SMILES string of the molecule is COC(C=O)=C(C)N(C)C. The number of carbonyl (C=O) groups excluding carboxylic acids is 1. The molecule has 0 aliphatic carbocycles. The summed E-state index contributed by atoms with van der Waals surface area (Å²) in [5.41, 5.74) is 0.831. The lowest BCUT2D eigenvalue weighted by Gasteiger charge is -2.14. The van der Waals surface area contributed by atoms with E-state index in [1.165, 1.54) is 7.11 Å². The van der Waals surface area contributed by atoms with E-state index in [0.717, 1.165) is 5.70 Å². The topological polar surface area (TPSA) is 29.5 Å². The van der Waals surface area contributed by atoms with Crippen LogP contribution in [0.1, 0.15) is 6.92 Å². The van der Waals surface area contributed by atoms with Crippen LogP contribution in [0.2, 0.25) is 0 Å². The van der Waals surface area contributed by atoms with E-state index in [9.17, 15) is 4.79 Å². The predicted octanol–water partition coefficient (Wildman–Crippen LogP) is 0.625. The Morgan fingerprint density at radius 1 is 1.50 bits per heavy atom. The van der Waals surface area contributed by atoms with Crippen LogP contribution >= 0.6 is 0 Å². The summed E-state index contributed by atoms with van der Waals surface area (Å²) in [7, 11) is 5.20. The van der Waals surface area contributed by atoms with E-state index in [1.54, 1.807) is 0 Å². The van der Waals surface area contributed by atoms with E-state index < -0.39 is 0 Å². The monoisotopic (exact) mass is 143 g/mol. The highest BCUT2D eigenvalue weighted by molar-refractivity contribution is 5.71. The summed E-state index contributed by atoms with van der Waals surface area (Å²) in [4.78, 5) is 12.1. The van der Waals surface area contributed by atoms with Crippen LogP contribution < -0.4 is 0 Å². The van der Waals surface area contributed by atoms with Crippen molar-refractivity contribution in [2.75, 3.05) is 21.2 Å². The Balaban J connectivity index is 4.42. The smallest absolute Gasteiger partial charge is 0.186 e. The fourth-order valence-electron chi connectivity index (χ4n) is 0.501. The lowest BCUT2D eigenvalue weighted by Crippen LogP contribution is -2.12. The van der Waals surface area contributed by atoms with Crippen molar-refractivity contribution in [1.82, 2.24) is 4.90 Å². The molecule has 0 aromatic heterocycles. The fraction of sp³-hybridized carbons (Fsp3) is 0.571. The van der Waals surface area contributed by atoms with E-state index >= 15 is 0 Å².